The molecule has 6 aromatic rings. The standard InChI is InChI=1S/C36H32FN5O3S/c1-42-30-18-32-28(16-23(30)21-40-42)35-27-8-14-46-36(27)33(34(41-35)24-15-22-19-38-9-7-29(22)39-20-24)26-6-5-25(37)17-31(26)45-13-12-43-10-3-2-4-11-44-32/h2-3,5-6,8,14-18,20-21,38H,4,7,9-13,19H2,1H3/b3-2+. The van der Waals surface area contributed by atoms with Gasteiger partial charge in [0.05, 0.1) is 42.9 Å². The number of benzene rings is 2. The Morgan fingerprint density at radius 1 is 0.935 bits per heavy atom. The van der Waals surface area contributed by atoms with E-state index < -0.39 is 0 Å². The number of pyridine rings is 2. The van der Waals surface area contributed by atoms with Crippen molar-refractivity contribution in [3.63, 3.8) is 0 Å². The molecule has 2 aliphatic rings. The number of fused-ring (bicyclic) bond motifs is 12. The smallest absolute Gasteiger partial charge is 0.130 e. The number of nitrogens with zero attached hydrogens (tertiary/aromatic N) is 4. The van der Waals surface area contributed by atoms with E-state index in [1.807, 2.05) is 36.3 Å². The highest BCUT2D eigenvalue weighted by Gasteiger charge is 2.25. The Bertz CT molecular complexity index is 2120. The minimum atomic E-state index is -0.369. The summed E-state index contributed by atoms with van der Waals surface area (Å²) in [5.41, 5.74) is 8.19. The Balaban J connectivity index is 1.43. The van der Waals surface area contributed by atoms with Crippen LogP contribution in [0.2, 0.25) is 0 Å². The summed E-state index contributed by atoms with van der Waals surface area (Å²) in [6.07, 6.45) is 9.41. The molecule has 0 spiro atoms. The maximum Gasteiger partial charge on any atom is 0.130 e. The molecule has 6 heterocycles. The van der Waals surface area contributed by atoms with E-state index in [0.29, 0.717) is 25.6 Å². The molecule has 2 aliphatic heterocycles. The zero-order chi connectivity index (χ0) is 31.0. The van der Waals surface area contributed by atoms with Crippen molar-refractivity contribution < 1.29 is 18.6 Å². The van der Waals surface area contributed by atoms with E-state index in [0.717, 1.165) is 97.6 Å². The molecule has 0 radical (unpaired) electrons. The average molecular weight is 634 g/mol. The molecule has 232 valence electrons. The van der Waals surface area contributed by atoms with Crippen molar-refractivity contribution >= 4 is 32.3 Å². The van der Waals surface area contributed by atoms with Gasteiger partial charge in [-0.2, -0.15) is 5.10 Å². The van der Waals surface area contributed by atoms with E-state index in [-0.39, 0.29) is 12.4 Å². The molecular formula is C36H32FN5O3S. The Labute approximate surface area is 269 Å². The van der Waals surface area contributed by atoms with Crippen molar-refractivity contribution in [1.29, 1.82) is 0 Å². The number of halogens is 1. The van der Waals surface area contributed by atoms with Crippen LogP contribution in [0.1, 0.15) is 17.7 Å². The van der Waals surface area contributed by atoms with Gasteiger partial charge in [-0.3, -0.25) is 9.67 Å². The maximum atomic E-state index is 14.7. The fraction of sp³-hybridized carbons (Fsp3) is 0.250. The van der Waals surface area contributed by atoms with Gasteiger partial charge in [0.25, 0.3) is 0 Å². The minimum Gasteiger partial charge on any atom is -0.492 e. The molecule has 1 N–H and O–H groups in total. The van der Waals surface area contributed by atoms with Crippen LogP contribution in [0.5, 0.6) is 11.5 Å². The summed E-state index contributed by atoms with van der Waals surface area (Å²) >= 11 is 1.63. The zero-order valence-corrected chi connectivity index (χ0v) is 26.2. The molecule has 8 nitrogen and oxygen atoms in total. The molecular weight excluding hydrogens is 601 g/mol. The van der Waals surface area contributed by atoms with Crippen LogP contribution < -0.4 is 14.8 Å². The van der Waals surface area contributed by atoms with Crippen LogP contribution >= 0.6 is 11.3 Å². The van der Waals surface area contributed by atoms with Crippen LogP contribution in [0.15, 0.2) is 72.4 Å². The van der Waals surface area contributed by atoms with E-state index in [4.69, 9.17) is 24.2 Å². The van der Waals surface area contributed by atoms with Gasteiger partial charge >= 0.3 is 0 Å². The van der Waals surface area contributed by atoms with Gasteiger partial charge in [-0.25, -0.2) is 9.37 Å². The highest BCUT2D eigenvalue weighted by Crippen LogP contribution is 2.48. The molecule has 0 unspecified atom stereocenters. The Kier molecular flexibility index (Phi) is 7.69. The normalized spacial score (nSPS) is 16.1. The lowest BCUT2D eigenvalue weighted by Crippen LogP contribution is -2.24. The van der Waals surface area contributed by atoms with Crippen molar-refractivity contribution in [2.45, 2.75) is 19.4 Å². The molecule has 46 heavy (non-hydrogen) atoms. The van der Waals surface area contributed by atoms with Crippen LogP contribution in [0, 0.1) is 5.82 Å². The number of aromatic nitrogens is 4. The minimum absolute atomic E-state index is 0.280. The molecule has 0 fully saturated rings. The zero-order valence-electron chi connectivity index (χ0n) is 25.4. The number of thiophene rings is 1. The lowest BCUT2D eigenvalue weighted by molar-refractivity contribution is 0.121. The molecule has 8 rings (SSSR count). The van der Waals surface area contributed by atoms with Crippen LogP contribution in [-0.2, 0) is 24.8 Å². The first-order valence-corrected chi connectivity index (χ1v) is 16.4. The lowest BCUT2D eigenvalue weighted by Gasteiger charge is -2.20. The molecule has 4 aromatic heterocycles. The predicted molar refractivity (Wildman–Crippen MR) is 179 cm³/mol. The molecule has 10 heteroatoms. The van der Waals surface area contributed by atoms with E-state index in [1.54, 1.807) is 17.4 Å². The largest absolute Gasteiger partial charge is 0.492 e. The number of hydrogen-bond acceptors (Lipinski definition) is 8. The van der Waals surface area contributed by atoms with Gasteiger partial charge in [-0.05, 0) is 47.7 Å². The monoisotopic (exact) mass is 633 g/mol. The third kappa shape index (κ3) is 5.32. The Hall–Kier alpha value is -4.64. The molecule has 2 bridgehead atoms. The van der Waals surface area contributed by atoms with Gasteiger partial charge in [0.15, 0.2) is 0 Å². The lowest BCUT2D eigenvalue weighted by atomic mass is 9.94. The summed E-state index contributed by atoms with van der Waals surface area (Å²) in [4.78, 5) is 10.4. The quantitative estimate of drug-likeness (QED) is 0.194. The van der Waals surface area contributed by atoms with Gasteiger partial charge in [0, 0.05) is 88.3 Å². The summed E-state index contributed by atoms with van der Waals surface area (Å²) in [6.45, 7) is 3.25. The molecule has 2 aromatic carbocycles. The molecule has 0 amide bonds. The fourth-order valence-electron chi connectivity index (χ4n) is 6.26. The van der Waals surface area contributed by atoms with Crippen molar-refractivity contribution in [3.8, 4) is 45.1 Å². The second kappa shape index (κ2) is 12.3. The van der Waals surface area contributed by atoms with Crippen molar-refractivity contribution in [1.82, 2.24) is 25.1 Å². The maximum absolute atomic E-state index is 14.7. The first-order valence-electron chi connectivity index (χ1n) is 15.5. The number of rotatable bonds is 1. The highest BCUT2D eigenvalue weighted by atomic mass is 32.1. The van der Waals surface area contributed by atoms with Gasteiger partial charge < -0.3 is 19.5 Å². The van der Waals surface area contributed by atoms with E-state index in [9.17, 15) is 4.39 Å². The highest BCUT2D eigenvalue weighted by molar-refractivity contribution is 7.18. The Morgan fingerprint density at radius 2 is 1.85 bits per heavy atom. The summed E-state index contributed by atoms with van der Waals surface area (Å²) < 4.78 is 36.1. The average Bonchev–Trinajstić information content (AvgIpc) is 3.71. The van der Waals surface area contributed by atoms with E-state index in [1.165, 1.54) is 12.1 Å². The van der Waals surface area contributed by atoms with Crippen molar-refractivity contribution in [3.05, 3.63) is 89.5 Å². The van der Waals surface area contributed by atoms with Crippen molar-refractivity contribution in [2.24, 2.45) is 7.05 Å². The molecule has 0 atom stereocenters. The van der Waals surface area contributed by atoms with Crippen LogP contribution in [0.3, 0.4) is 0 Å². The van der Waals surface area contributed by atoms with Crippen LogP contribution in [0.25, 0.3) is 54.6 Å². The summed E-state index contributed by atoms with van der Waals surface area (Å²) in [5, 5.41) is 12.0. The number of nitrogens with one attached hydrogen (secondary N) is 1. The van der Waals surface area contributed by atoms with E-state index in [2.05, 4.69) is 40.1 Å². The molecule has 0 saturated carbocycles. The number of ether oxygens (including phenoxy) is 3. The topological polar surface area (TPSA) is 83.3 Å². The predicted octanol–water partition coefficient (Wildman–Crippen LogP) is 7.10. The summed E-state index contributed by atoms with van der Waals surface area (Å²) in [6, 6.07) is 13.2. The second-order valence-corrected chi connectivity index (χ2v) is 12.4. The third-order valence-electron chi connectivity index (χ3n) is 8.52. The fourth-order valence-corrected chi connectivity index (χ4v) is 7.21. The van der Waals surface area contributed by atoms with Gasteiger partial charge in [-0.1, -0.05) is 12.2 Å². The first kappa shape index (κ1) is 28.8. The first-order chi connectivity index (χ1) is 22.6. The van der Waals surface area contributed by atoms with Gasteiger partial charge in [0.2, 0.25) is 0 Å². The van der Waals surface area contributed by atoms with Gasteiger partial charge in [0.1, 0.15) is 23.9 Å². The SMILES string of the molecule is Cn1ncc2cc3c(cc21)OCC/C=C/COCCOc1cc(F)ccc1-c1c(-c2cnc4c(c2)CNCC4)nc-3c2ccsc12. The second-order valence-electron chi connectivity index (χ2n) is 11.5. The number of aryl methyl sites for hydroxylation is 1. The number of hydrogen-bond donors (Lipinski definition) is 1. The van der Waals surface area contributed by atoms with Crippen LogP contribution in [-0.4, -0.2) is 52.7 Å². The Morgan fingerprint density at radius 3 is 2.80 bits per heavy atom. The van der Waals surface area contributed by atoms with Gasteiger partial charge in [-0.15, -0.1) is 11.3 Å². The summed E-state index contributed by atoms with van der Waals surface area (Å²) in [7, 11) is 1.93. The molecule has 0 saturated heterocycles. The van der Waals surface area contributed by atoms with E-state index >= 15 is 0 Å². The third-order valence-corrected chi connectivity index (χ3v) is 9.45. The van der Waals surface area contributed by atoms with Crippen molar-refractivity contribution in [2.75, 3.05) is 33.0 Å². The van der Waals surface area contributed by atoms with Crippen LogP contribution in [0.4, 0.5) is 4.39 Å². The summed E-state index contributed by atoms with van der Waals surface area (Å²) in [5.74, 6) is 0.810. The molecule has 0 aliphatic carbocycles.